The lowest BCUT2D eigenvalue weighted by Gasteiger charge is -2.13. The van der Waals surface area contributed by atoms with Crippen LogP contribution in [-0.2, 0) is 11.3 Å². The molecule has 2 atom stereocenters. The molecule has 0 aliphatic carbocycles. The van der Waals surface area contributed by atoms with E-state index in [1.165, 1.54) is 0 Å². The largest absolute Gasteiger partial charge is 0.481 e. The molecule has 1 aliphatic heterocycles. The monoisotopic (exact) mass is 266 g/mol. The van der Waals surface area contributed by atoms with Crippen molar-refractivity contribution in [1.82, 2.24) is 14.5 Å². The van der Waals surface area contributed by atoms with Crippen LogP contribution in [-0.4, -0.2) is 51.1 Å². The number of imidazole rings is 1. The Kier molecular flexibility index (Phi) is 3.84. The second-order valence-corrected chi connectivity index (χ2v) is 4.92. The lowest BCUT2D eigenvalue weighted by atomic mass is 9.99. The van der Waals surface area contributed by atoms with Gasteiger partial charge in [0.1, 0.15) is 5.69 Å². The molecule has 0 aromatic carbocycles. The maximum Gasteiger partial charge on any atom is 0.308 e. The van der Waals surface area contributed by atoms with Crippen LogP contribution in [0.2, 0.25) is 0 Å². The number of carbonyl (C=O) groups is 2. The second kappa shape index (κ2) is 5.40. The average Bonchev–Trinajstić information content (AvgIpc) is 2.95. The maximum absolute atomic E-state index is 12.2. The van der Waals surface area contributed by atoms with Crippen molar-refractivity contribution in [1.29, 1.82) is 0 Å². The molecule has 0 spiro atoms. The number of rotatable bonds is 4. The third-order valence-electron chi connectivity index (χ3n) is 3.46. The normalized spacial score (nSPS) is 22.7. The Morgan fingerprint density at radius 2 is 2.26 bits per heavy atom. The predicted molar refractivity (Wildman–Crippen MR) is 67.5 cm³/mol. The summed E-state index contributed by atoms with van der Waals surface area (Å²) in [7, 11) is 0. The van der Waals surface area contributed by atoms with Crippen LogP contribution in [0.1, 0.15) is 17.4 Å². The molecular formula is C12H18N4O3. The highest BCUT2D eigenvalue weighted by Gasteiger charge is 2.37. The van der Waals surface area contributed by atoms with Gasteiger partial charge in [-0.05, 0) is 5.92 Å². The minimum atomic E-state index is -0.850. The van der Waals surface area contributed by atoms with Gasteiger partial charge in [0.25, 0.3) is 5.91 Å². The number of hydrogen-bond acceptors (Lipinski definition) is 4. The summed E-state index contributed by atoms with van der Waals surface area (Å²) in [5.41, 5.74) is 5.77. The molecule has 3 N–H and O–H groups in total. The molecule has 0 radical (unpaired) electrons. The predicted octanol–water partition coefficient (Wildman–Crippen LogP) is -0.365. The minimum Gasteiger partial charge on any atom is -0.481 e. The van der Waals surface area contributed by atoms with E-state index in [-0.39, 0.29) is 18.4 Å². The summed E-state index contributed by atoms with van der Waals surface area (Å²) in [6, 6.07) is 0. The van der Waals surface area contributed by atoms with Gasteiger partial charge in [0.2, 0.25) is 0 Å². The standard InChI is InChI=1S/C12H18N4O3/c1-8-4-16(5-9(8)12(18)19)11(17)10-6-15(3-2-13)7-14-10/h6-9H,2-5,13H2,1H3,(H,18,19)/t8-,9-/m1/s1. The number of aliphatic carboxylic acids is 1. The van der Waals surface area contributed by atoms with E-state index in [2.05, 4.69) is 4.98 Å². The van der Waals surface area contributed by atoms with Crippen molar-refractivity contribution >= 4 is 11.9 Å². The van der Waals surface area contributed by atoms with Crippen molar-refractivity contribution in [2.45, 2.75) is 13.5 Å². The Morgan fingerprint density at radius 1 is 1.53 bits per heavy atom. The van der Waals surface area contributed by atoms with Gasteiger partial charge in [0.05, 0.1) is 12.2 Å². The third-order valence-corrected chi connectivity index (χ3v) is 3.46. The Hall–Kier alpha value is -1.89. The summed E-state index contributed by atoms with van der Waals surface area (Å²) in [5.74, 6) is -1.59. The van der Waals surface area contributed by atoms with Crippen LogP contribution in [0, 0.1) is 11.8 Å². The van der Waals surface area contributed by atoms with E-state index in [4.69, 9.17) is 10.8 Å². The van der Waals surface area contributed by atoms with Crippen molar-refractivity contribution in [3.05, 3.63) is 18.2 Å². The van der Waals surface area contributed by atoms with E-state index in [0.29, 0.717) is 25.3 Å². The van der Waals surface area contributed by atoms with Crippen molar-refractivity contribution in [3.8, 4) is 0 Å². The maximum atomic E-state index is 12.2. The number of amides is 1. The van der Waals surface area contributed by atoms with E-state index < -0.39 is 11.9 Å². The highest BCUT2D eigenvalue weighted by molar-refractivity contribution is 5.92. The molecule has 7 nitrogen and oxygen atoms in total. The molecule has 1 amide bonds. The van der Waals surface area contributed by atoms with E-state index in [9.17, 15) is 9.59 Å². The van der Waals surface area contributed by atoms with Gasteiger partial charge in [-0.2, -0.15) is 0 Å². The lowest BCUT2D eigenvalue weighted by molar-refractivity contribution is -0.142. The van der Waals surface area contributed by atoms with Gasteiger partial charge >= 0.3 is 5.97 Å². The molecule has 19 heavy (non-hydrogen) atoms. The highest BCUT2D eigenvalue weighted by atomic mass is 16.4. The van der Waals surface area contributed by atoms with Gasteiger partial charge in [-0.15, -0.1) is 0 Å². The summed E-state index contributed by atoms with van der Waals surface area (Å²) in [4.78, 5) is 28.8. The number of nitrogens with two attached hydrogens (primary N) is 1. The first kappa shape index (κ1) is 13.5. The fourth-order valence-corrected chi connectivity index (χ4v) is 2.36. The summed E-state index contributed by atoms with van der Waals surface area (Å²) in [6.07, 6.45) is 3.21. The number of aromatic nitrogens is 2. The summed E-state index contributed by atoms with van der Waals surface area (Å²) < 4.78 is 1.75. The van der Waals surface area contributed by atoms with Gasteiger partial charge in [0, 0.05) is 32.4 Å². The third kappa shape index (κ3) is 2.76. The van der Waals surface area contributed by atoms with E-state index in [1.54, 1.807) is 22.0 Å². The van der Waals surface area contributed by atoms with Crippen molar-refractivity contribution in [3.63, 3.8) is 0 Å². The van der Waals surface area contributed by atoms with Crippen molar-refractivity contribution in [2.24, 2.45) is 17.6 Å². The molecule has 0 unspecified atom stereocenters. The second-order valence-electron chi connectivity index (χ2n) is 4.92. The van der Waals surface area contributed by atoms with Crippen LogP contribution in [0.25, 0.3) is 0 Å². The molecule has 1 aliphatic rings. The summed E-state index contributed by atoms with van der Waals surface area (Å²) >= 11 is 0. The smallest absolute Gasteiger partial charge is 0.308 e. The molecule has 104 valence electrons. The molecule has 1 saturated heterocycles. The highest BCUT2D eigenvalue weighted by Crippen LogP contribution is 2.24. The van der Waals surface area contributed by atoms with Crippen LogP contribution in [0.15, 0.2) is 12.5 Å². The summed E-state index contributed by atoms with van der Waals surface area (Å²) in [6.45, 7) is 3.64. The Labute approximate surface area is 111 Å². The van der Waals surface area contributed by atoms with Gasteiger partial charge in [-0.3, -0.25) is 9.59 Å². The van der Waals surface area contributed by atoms with Crippen LogP contribution >= 0.6 is 0 Å². The van der Waals surface area contributed by atoms with Gasteiger partial charge in [-0.25, -0.2) is 4.98 Å². The van der Waals surface area contributed by atoms with Crippen molar-refractivity contribution < 1.29 is 14.7 Å². The minimum absolute atomic E-state index is 0.0347. The summed E-state index contributed by atoms with van der Waals surface area (Å²) in [5, 5.41) is 9.06. The first-order valence-electron chi connectivity index (χ1n) is 6.27. The average molecular weight is 266 g/mol. The lowest BCUT2D eigenvalue weighted by Crippen LogP contribution is -2.30. The quantitative estimate of drug-likeness (QED) is 0.774. The first-order valence-corrected chi connectivity index (χ1v) is 6.27. The van der Waals surface area contributed by atoms with Gasteiger partial charge < -0.3 is 20.3 Å². The van der Waals surface area contributed by atoms with Crippen LogP contribution in [0.3, 0.4) is 0 Å². The first-order chi connectivity index (χ1) is 9.02. The fraction of sp³-hybridized carbons (Fsp3) is 0.583. The number of nitrogens with zero attached hydrogens (tertiary/aromatic N) is 3. The number of carbonyl (C=O) groups excluding carboxylic acids is 1. The molecular weight excluding hydrogens is 248 g/mol. The fourth-order valence-electron chi connectivity index (χ4n) is 2.36. The van der Waals surface area contributed by atoms with Crippen LogP contribution in [0.5, 0.6) is 0 Å². The zero-order chi connectivity index (χ0) is 14.0. The zero-order valence-electron chi connectivity index (χ0n) is 10.8. The van der Waals surface area contributed by atoms with Gasteiger partial charge in [0.15, 0.2) is 0 Å². The zero-order valence-corrected chi connectivity index (χ0v) is 10.8. The number of hydrogen-bond donors (Lipinski definition) is 2. The van der Waals surface area contributed by atoms with E-state index in [0.717, 1.165) is 0 Å². The molecule has 0 bridgehead atoms. The topological polar surface area (TPSA) is 101 Å². The molecule has 7 heteroatoms. The Balaban J connectivity index is 2.06. The molecule has 1 fully saturated rings. The number of carboxylic acid groups (broad SMARTS) is 1. The van der Waals surface area contributed by atoms with Crippen LogP contribution < -0.4 is 5.73 Å². The van der Waals surface area contributed by atoms with Crippen molar-refractivity contribution in [2.75, 3.05) is 19.6 Å². The number of carboxylic acids is 1. The molecule has 1 aromatic rings. The SMILES string of the molecule is C[C@@H]1CN(C(=O)c2cn(CCN)cn2)C[C@H]1C(=O)O. The molecule has 2 heterocycles. The Morgan fingerprint density at radius 3 is 2.84 bits per heavy atom. The molecule has 0 saturated carbocycles. The van der Waals surface area contributed by atoms with Crippen LogP contribution in [0.4, 0.5) is 0 Å². The Bertz CT molecular complexity index is 485. The van der Waals surface area contributed by atoms with E-state index >= 15 is 0 Å². The molecule has 1 aromatic heterocycles. The number of likely N-dealkylation sites (tertiary alicyclic amines) is 1. The van der Waals surface area contributed by atoms with E-state index in [1.807, 2.05) is 6.92 Å². The molecule has 2 rings (SSSR count). The van der Waals surface area contributed by atoms with Gasteiger partial charge in [-0.1, -0.05) is 6.92 Å².